The lowest BCUT2D eigenvalue weighted by molar-refractivity contribution is -0.115. The quantitative estimate of drug-likeness (QED) is 0.730. The van der Waals surface area contributed by atoms with Crippen molar-refractivity contribution in [2.24, 2.45) is 5.73 Å². The fourth-order valence-electron chi connectivity index (χ4n) is 0.844. The van der Waals surface area contributed by atoms with Crippen LogP contribution in [0.15, 0.2) is 18.5 Å². The molecule has 0 aliphatic rings. The van der Waals surface area contributed by atoms with E-state index in [4.69, 9.17) is 5.73 Å². The fraction of sp³-hybridized carbons (Fsp3) is 0.125. The van der Waals surface area contributed by atoms with Gasteiger partial charge in [-0.25, -0.2) is 4.39 Å². The summed E-state index contributed by atoms with van der Waals surface area (Å²) >= 11 is 4.54. The Morgan fingerprint density at radius 2 is 2.36 bits per heavy atom. The highest BCUT2D eigenvalue weighted by atomic mass is 32.1. The zero-order chi connectivity index (χ0) is 10.6. The highest BCUT2D eigenvalue weighted by molar-refractivity contribution is 7.80. The van der Waals surface area contributed by atoms with Crippen LogP contribution in [0.1, 0.15) is 6.42 Å². The van der Waals surface area contributed by atoms with E-state index < -0.39 is 5.82 Å². The lowest BCUT2D eigenvalue weighted by Crippen LogP contribution is -2.20. The van der Waals surface area contributed by atoms with E-state index in [1.807, 2.05) is 0 Å². The Morgan fingerprint density at radius 1 is 1.64 bits per heavy atom. The van der Waals surface area contributed by atoms with Gasteiger partial charge in [0.25, 0.3) is 0 Å². The van der Waals surface area contributed by atoms with Crippen molar-refractivity contribution in [1.82, 2.24) is 4.98 Å². The maximum absolute atomic E-state index is 12.6. The SMILES string of the molecule is NC(=S)CC(=O)Nc1cncc(F)c1. The monoisotopic (exact) mass is 213 g/mol. The molecule has 1 aromatic rings. The summed E-state index contributed by atoms with van der Waals surface area (Å²) in [5, 5.41) is 2.41. The Labute approximate surface area is 85.3 Å². The Morgan fingerprint density at radius 3 is 2.93 bits per heavy atom. The summed E-state index contributed by atoms with van der Waals surface area (Å²) in [7, 11) is 0. The number of carbonyl (C=O) groups is 1. The first-order valence-corrected chi connectivity index (χ1v) is 4.17. The summed E-state index contributed by atoms with van der Waals surface area (Å²) in [6.45, 7) is 0. The fourth-order valence-corrected chi connectivity index (χ4v) is 0.975. The predicted molar refractivity (Wildman–Crippen MR) is 54.2 cm³/mol. The molecule has 0 radical (unpaired) electrons. The summed E-state index contributed by atoms with van der Waals surface area (Å²) in [6.07, 6.45) is 2.32. The number of nitrogens with one attached hydrogen (secondary N) is 1. The van der Waals surface area contributed by atoms with Gasteiger partial charge in [-0.05, 0) is 0 Å². The number of anilines is 1. The molecular formula is C8H8FN3OS. The van der Waals surface area contributed by atoms with Crippen LogP contribution in [-0.4, -0.2) is 15.9 Å². The minimum atomic E-state index is -0.516. The van der Waals surface area contributed by atoms with Crippen LogP contribution in [0.25, 0.3) is 0 Å². The highest BCUT2D eigenvalue weighted by Gasteiger charge is 2.04. The summed E-state index contributed by atoms with van der Waals surface area (Å²) in [6, 6.07) is 1.16. The Bertz CT molecular complexity index is 369. The van der Waals surface area contributed by atoms with E-state index in [9.17, 15) is 9.18 Å². The molecule has 1 aromatic heterocycles. The molecule has 6 heteroatoms. The number of nitrogens with zero attached hydrogens (tertiary/aromatic N) is 1. The van der Waals surface area contributed by atoms with Crippen LogP contribution in [0, 0.1) is 5.82 Å². The molecule has 0 aliphatic heterocycles. The third-order valence-electron chi connectivity index (χ3n) is 1.32. The summed E-state index contributed by atoms with van der Waals surface area (Å²) in [5.74, 6) is -0.900. The first kappa shape index (κ1) is 10.5. The van der Waals surface area contributed by atoms with Gasteiger partial charge < -0.3 is 11.1 Å². The molecular weight excluding hydrogens is 205 g/mol. The number of hydrogen-bond acceptors (Lipinski definition) is 3. The topological polar surface area (TPSA) is 68.0 Å². The lowest BCUT2D eigenvalue weighted by atomic mass is 10.3. The number of aromatic nitrogens is 1. The molecule has 0 fully saturated rings. The molecule has 14 heavy (non-hydrogen) atoms. The van der Waals surface area contributed by atoms with Crippen molar-refractivity contribution < 1.29 is 9.18 Å². The second kappa shape index (κ2) is 4.61. The molecule has 0 saturated carbocycles. The van der Waals surface area contributed by atoms with E-state index in [1.165, 1.54) is 6.20 Å². The predicted octanol–water partition coefficient (Wildman–Crippen LogP) is 0.835. The summed E-state index contributed by atoms with van der Waals surface area (Å²) < 4.78 is 12.6. The van der Waals surface area contributed by atoms with Crippen LogP contribution in [0.5, 0.6) is 0 Å². The Kier molecular flexibility index (Phi) is 3.47. The number of rotatable bonds is 3. The van der Waals surface area contributed by atoms with Gasteiger partial charge in [0, 0.05) is 6.07 Å². The van der Waals surface area contributed by atoms with Crippen molar-refractivity contribution >= 4 is 28.8 Å². The number of hydrogen-bond donors (Lipinski definition) is 2. The number of amides is 1. The van der Waals surface area contributed by atoms with Crippen LogP contribution in [0.2, 0.25) is 0 Å². The maximum atomic E-state index is 12.6. The van der Waals surface area contributed by atoms with Crippen molar-refractivity contribution in [1.29, 1.82) is 0 Å². The second-order valence-corrected chi connectivity index (χ2v) is 3.11. The molecule has 3 N–H and O–H groups in total. The van der Waals surface area contributed by atoms with Gasteiger partial charge in [-0.3, -0.25) is 9.78 Å². The molecule has 4 nitrogen and oxygen atoms in total. The molecule has 0 atom stereocenters. The third kappa shape index (κ3) is 3.44. The minimum absolute atomic E-state index is 0.0636. The summed E-state index contributed by atoms with van der Waals surface area (Å²) in [4.78, 5) is 14.8. The van der Waals surface area contributed by atoms with Crippen molar-refractivity contribution in [3.05, 3.63) is 24.3 Å². The van der Waals surface area contributed by atoms with Gasteiger partial charge in [-0.15, -0.1) is 0 Å². The van der Waals surface area contributed by atoms with Crippen LogP contribution in [0.4, 0.5) is 10.1 Å². The normalized spacial score (nSPS) is 9.50. The molecule has 0 aliphatic carbocycles. The zero-order valence-electron chi connectivity index (χ0n) is 7.16. The van der Waals surface area contributed by atoms with E-state index in [0.29, 0.717) is 0 Å². The van der Waals surface area contributed by atoms with Crippen LogP contribution in [-0.2, 0) is 4.79 Å². The zero-order valence-corrected chi connectivity index (χ0v) is 7.97. The standard InChI is InChI=1S/C8H8FN3OS/c9-5-1-6(4-11-3-5)12-8(13)2-7(10)14/h1,3-4H,2H2,(H2,10,14)(H,12,13). The Balaban J connectivity index is 2.60. The van der Waals surface area contributed by atoms with Gasteiger partial charge >= 0.3 is 0 Å². The van der Waals surface area contributed by atoms with Gasteiger partial charge in [0.2, 0.25) is 5.91 Å². The van der Waals surface area contributed by atoms with E-state index in [-0.39, 0.29) is 23.0 Å². The number of thiocarbonyl (C=S) groups is 1. The van der Waals surface area contributed by atoms with Crippen molar-refractivity contribution in [2.45, 2.75) is 6.42 Å². The molecule has 0 bridgehead atoms. The van der Waals surface area contributed by atoms with Crippen LogP contribution in [0.3, 0.4) is 0 Å². The molecule has 0 unspecified atom stereocenters. The van der Waals surface area contributed by atoms with Crippen molar-refractivity contribution in [2.75, 3.05) is 5.32 Å². The molecule has 1 amide bonds. The van der Waals surface area contributed by atoms with Crippen LogP contribution < -0.4 is 11.1 Å². The molecule has 0 spiro atoms. The highest BCUT2D eigenvalue weighted by Crippen LogP contribution is 2.06. The number of nitrogens with two attached hydrogens (primary N) is 1. The average Bonchev–Trinajstić information content (AvgIpc) is 2.01. The van der Waals surface area contributed by atoms with E-state index in [0.717, 1.165) is 12.3 Å². The lowest BCUT2D eigenvalue weighted by Gasteiger charge is -2.03. The maximum Gasteiger partial charge on any atom is 0.231 e. The van der Waals surface area contributed by atoms with Gasteiger partial charge in [0.1, 0.15) is 5.82 Å². The number of pyridine rings is 1. The first-order chi connectivity index (χ1) is 6.58. The van der Waals surface area contributed by atoms with Crippen LogP contribution >= 0.6 is 12.2 Å². The smallest absolute Gasteiger partial charge is 0.231 e. The molecule has 0 aromatic carbocycles. The van der Waals surface area contributed by atoms with Gasteiger partial charge in [0.05, 0.1) is 29.5 Å². The Hall–Kier alpha value is -1.56. The largest absolute Gasteiger partial charge is 0.393 e. The van der Waals surface area contributed by atoms with Crippen molar-refractivity contribution in [3.63, 3.8) is 0 Å². The molecule has 0 saturated heterocycles. The van der Waals surface area contributed by atoms with E-state index >= 15 is 0 Å². The minimum Gasteiger partial charge on any atom is -0.393 e. The summed E-state index contributed by atoms with van der Waals surface area (Å²) in [5.41, 5.74) is 5.44. The van der Waals surface area contributed by atoms with Gasteiger partial charge in [-0.2, -0.15) is 0 Å². The molecule has 1 heterocycles. The van der Waals surface area contributed by atoms with Gasteiger partial charge in [0.15, 0.2) is 0 Å². The third-order valence-corrected chi connectivity index (χ3v) is 1.47. The molecule has 1 rings (SSSR count). The number of halogens is 1. The molecule has 74 valence electrons. The van der Waals surface area contributed by atoms with E-state index in [1.54, 1.807) is 0 Å². The van der Waals surface area contributed by atoms with Gasteiger partial charge in [-0.1, -0.05) is 12.2 Å². The second-order valence-electron chi connectivity index (χ2n) is 2.58. The van der Waals surface area contributed by atoms with E-state index in [2.05, 4.69) is 22.5 Å². The first-order valence-electron chi connectivity index (χ1n) is 3.76. The van der Waals surface area contributed by atoms with Crippen molar-refractivity contribution in [3.8, 4) is 0 Å². The average molecular weight is 213 g/mol. The number of carbonyl (C=O) groups excluding carboxylic acids is 1.